The summed E-state index contributed by atoms with van der Waals surface area (Å²) in [4.78, 5) is 0. The molecule has 0 saturated carbocycles. The molecule has 0 aliphatic heterocycles. The van der Waals surface area contributed by atoms with Crippen molar-refractivity contribution in [2.45, 2.75) is 6.54 Å². The van der Waals surface area contributed by atoms with E-state index in [9.17, 15) is 4.39 Å². The summed E-state index contributed by atoms with van der Waals surface area (Å²) in [6.07, 6.45) is 0. The van der Waals surface area contributed by atoms with Crippen LogP contribution in [0, 0.1) is 5.82 Å². The van der Waals surface area contributed by atoms with Crippen LogP contribution >= 0.6 is 27.3 Å². The first-order valence-electron chi connectivity index (χ1n) is 5.87. The number of nitrogens with one attached hydrogen (secondary N) is 1. The fourth-order valence-corrected chi connectivity index (χ4v) is 3.04. The summed E-state index contributed by atoms with van der Waals surface area (Å²) in [6, 6.07) is 13.4. The highest BCUT2D eigenvalue weighted by atomic mass is 79.9. The summed E-state index contributed by atoms with van der Waals surface area (Å²) in [5.74, 6) is -0.196. The van der Waals surface area contributed by atoms with E-state index < -0.39 is 0 Å². The molecule has 0 saturated heterocycles. The Morgan fingerprint density at radius 2 is 2.00 bits per heavy atom. The monoisotopic (exact) mass is 335 g/mol. The average Bonchev–Trinajstić information content (AvgIpc) is 2.85. The molecule has 1 N–H and O–H groups in total. The van der Waals surface area contributed by atoms with Crippen molar-refractivity contribution in [3.63, 3.8) is 0 Å². The summed E-state index contributed by atoms with van der Waals surface area (Å²) in [5, 5.41) is 6.54. The van der Waals surface area contributed by atoms with Gasteiger partial charge in [0.1, 0.15) is 5.82 Å². The van der Waals surface area contributed by atoms with Gasteiger partial charge >= 0.3 is 0 Å². The van der Waals surface area contributed by atoms with Crippen LogP contribution in [0.1, 0.15) is 5.56 Å². The van der Waals surface area contributed by atoms with Gasteiger partial charge in [-0.3, -0.25) is 0 Å². The fraction of sp³-hybridized carbons (Fsp3) is 0.0667. The van der Waals surface area contributed by atoms with E-state index in [1.165, 1.54) is 16.2 Å². The van der Waals surface area contributed by atoms with Gasteiger partial charge in [-0.25, -0.2) is 4.39 Å². The zero-order valence-electron chi connectivity index (χ0n) is 9.99. The van der Waals surface area contributed by atoms with Crippen molar-refractivity contribution in [1.82, 2.24) is 0 Å². The topological polar surface area (TPSA) is 12.0 Å². The molecule has 0 amide bonds. The van der Waals surface area contributed by atoms with E-state index in [1.54, 1.807) is 17.4 Å². The van der Waals surface area contributed by atoms with Crippen molar-refractivity contribution in [2.24, 2.45) is 0 Å². The molecule has 0 bridgehead atoms. The Bertz CT molecular complexity index is 723. The zero-order chi connectivity index (χ0) is 13.2. The van der Waals surface area contributed by atoms with Gasteiger partial charge in [0.2, 0.25) is 0 Å². The van der Waals surface area contributed by atoms with Crippen molar-refractivity contribution in [2.75, 3.05) is 5.32 Å². The minimum absolute atomic E-state index is 0.196. The first kappa shape index (κ1) is 12.6. The number of hydrogen-bond donors (Lipinski definition) is 1. The minimum Gasteiger partial charge on any atom is -0.381 e. The molecule has 0 atom stereocenters. The Labute approximate surface area is 123 Å². The lowest BCUT2D eigenvalue weighted by Gasteiger charge is -2.08. The van der Waals surface area contributed by atoms with Crippen LogP contribution in [-0.2, 0) is 6.54 Å². The molecule has 0 radical (unpaired) electrons. The highest BCUT2D eigenvalue weighted by Gasteiger charge is 2.03. The summed E-state index contributed by atoms with van der Waals surface area (Å²) in [5.41, 5.74) is 1.67. The number of thiophene rings is 1. The van der Waals surface area contributed by atoms with Crippen LogP contribution in [0.4, 0.5) is 10.1 Å². The molecule has 0 unspecified atom stereocenters. The standard InChI is InChI=1S/C15H11BrFNS/c16-12-2-1-11(14(17)8-12)9-18-13-3-4-15-10(7-13)5-6-19-15/h1-8,18H,9H2. The molecule has 4 heteroatoms. The normalized spacial score (nSPS) is 10.8. The number of fused-ring (bicyclic) bond motifs is 1. The van der Waals surface area contributed by atoms with Gasteiger partial charge in [-0.1, -0.05) is 22.0 Å². The van der Waals surface area contributed by atoms with Crippen LogP contribution in [0.15, 0.2) is 52.3 Å². The van der Waals surface area contributed by atoms with Crippen LogP contribution in [0.5, 0.6) is 0 Å². The van der Waals surface area contributed by atoms with Crippen molar-refractivity contribution in [1.29, 1.82) is 0 Å². The molecule has 3 rings (SSSR count). The van der Waals surface area contributed by atoms with E-state index in [4.69, 9.17) is 0 Å². The van der Waals surface area contributed by atoms with Gasteiger partial charge < -0.3 is 5.32 Å². The van der Waals surface area contributed by atoms with E-state index in [0.717, 1.165) is 10.2 Å². The maximum Gasteiger partial charge on any atom is 0.129 e. The SMILES string of the molecule is Fc1cc(Br)ccc1CNc1ccc2sccc2c1. The highest BCUT2D eigenvalue weighted by molar-refractivity contribution is 9.10. The number of hydrogen-bond acceptors (Lipinski definition) is 2. The lowest BCUT2D eigenvalue weighted by molar-refractivity contribution is 0.612. The van der Waals surface area contributed by atoms with Crippen LogP contribution in [-0.4, -0.2) is 0 Å². The van der Waals surface area contributed by atoms with Gasteiger partial charge in [0.05, 0.1) is 0 Å². The van der Waals surface area contributed by atoms with Crippen LogP contribution < -0.4 is 5.32 Å². The maximum atomic E-state index is 13.7. The van der Waals surface area contributed by atoms with E-state index >= 15 is 0 Å². The largest absolute Gasteiger partial charge is 0.381 e. The predicted octanol–water partition coefficient (Wildman–Crippen LogP) is 5.42. The highest BCUT2D eigenvalue weighted by Crippen LogP contribution is 2.24. The molecule has 1 aromatic heterocycles. The van der Waals surface area contributed by atoms with Gasteiger partial charge in [0.15, 0.2) is 0 Å². The molecular weight excluding hydrogens is 325 g/mol. The van der Waals surface area contributed by atoms with Crippen molar-refractivity contribution >= 4 is 43.0 Å². The van der Waals surface area contributed by atoms with Crippen molar-refractivity contribution < 1.29 is 4.39 Å². The Hall–Kier alpha value is -1.39. The van der Waals surface area contributed by atoms with Gasteiger partial charge in [0.25, 0.3) is 0 Å². The molecule has 3 aromatic rings. The Morgan fingerprint density at radius 1 is 1.11 bits per heavy atom. The lowest BCUT2D eigenvalue weighted by atomic mass is 10.2. The Balaban J connectivity index is 1.77. The molecule has 0 aliphatic rings. The summed E-state index contributed by atoms with van der Waals surface area (Å²) >= 11 is 4.98. The molecule has 96 valence electrons. The van der Waals surface area contributed by atoms with Gasteiger partial charge in [0, 0.05) is 27.0 Å². The number of rotatable bonds is 3. The second kappa shape index (κ2) is 5.31. The quantitative estimate of drug-likeness (QED) is 0.674. The minimum atomic E-state index is -0.196. The summed E-state index contributed by atoms with van der Waals surface area (Å²) < 4.78 is 15.7. The maximum absolute atomic E-state index is 13.7. The second-order valence-electron chi connectivity index (χ2n) is 4.26. The molecule has 2 aromatic carbocycles. The number of benzene rings is 2. The number of anilines is 1. The van der Waals surface area contributed by atoms with Crippen LogP contribution in [0.25, 0.3) is 10.1 Å². The number of halogens is 2. The summed E-state index contributed by atoms with van der Waals surface area (Å²) in [6.45, 7) is 0.481. The first-order chi connectivity index (χ1) is 9.22. The van der Waals surface area contributed by atoms with Crippen molar-refractivity contribution in [3.8, 4) is 0 Å². The van der Waals surface area contributed by atoms with Gasteiger partial charge in [-0.15, -0.1) is 11.3 Å². The van der Waals surface area contributed by atoms with E-state index in [2.05, 4.69) is 44.8 Å². The van der Waals surface area contributed by atoms with Gasteiger partial charge in [-0.2, -0.15) is 0 Å². The van der Waals surface area contributed by atoms with Crippen LogP contribution in [0.2, 0.25) is 0 Å². The first-order valence-corrected chi connectivity index (χ1v) is 7.55. The second-order valence-corrected chi connectivity index (χ2v) is 6.13. The third-order valence-corrected chi connectivity index (χ3v) is 4.34. The van der Waals surface area contributed by atoms with Crippen LogP contribution in [0.3, 0.4) is 0 Å². The zero-order valence-corrected chi connectivity index (χ0v) is 12.4. The van der Waals surface area contributed by atoms with E-state index in [-0.39, 0.29) is 5.82 Å². The molecule has 0 aliphatic carbocycles. The fourth-order valence-electron chi connectivity index (χ4n) is 1.94. The molecule has 1 heterocycles. The third-order valence-electron chi connectivity index (χ3n) is 2.95. The smallest absolute Gasteiger partial charge is 0.129 e. The average molecular weight is 336 g/mol. The van der Waals surface area contributed by atoms with Crippen molar-refractivity contribution in [3.05, 3.63) is 63.7 Å². The molecule has 19 heavy (non-hydrogen) atoms. The van der Waals surface area contributed by atoms with E-state index in [1.807, 2.05) is 12.1 Å². The molecular formula is C15H11BrFNS. The Kier molecular flexibility index (Phi) is 3.53. The van der Waals surface area contributed by atoms with E-state index in [0.29, 0.717) is 12.1 Å². The Morgan fingerprint density at radius 3 is 2.84 bits per heavy atom. The predicted molar refractivity (Wildman–Crippen MR) is 83.3 cm³/mol. The van der Waals surface area contributed by atoms with Gasteiger partial charge in [-0.05, 0) is 47.2 Å². The molecule has 0 fully saturated rings. The lowest BCUT2D eigenvalue weighted by Crippen LogP contribution is -2.01. The molecule has 1 nitrogen and oxygen atoms in total. The summed E-state index contributed by atoms with van der Waals surface area (Å²) in [7, 11) is 0. The molecule has 0 spiro atoms. The third kappa shape index (κ3) is 2.80.